The summed E-state index contributed by atoms with van der Waals surface area (Å²) in [6.07, 6.45) is 0.400. The predicted octanol–water partition coefficient (Wildman–Crippen LogP) is 5.48. The Balaban J connectivity index is 1.56. The third-order valence-corrected chi connectivity index (χ3v) is 5.88. The van der Waals surface area contributed by atoms with Gasteiger partial charge in [0.05, 0.1) is 13.2 Å². The minimum atomic E-state index is -0.519. The number of carbonyl (C=O) groups excluding carboxylic acids is 2. The lowest BCUT2D eigenvalue weighted by molar-refractivity contribution is 0.0513. The molecule has 172 valence electrons. The van der Waals surface area contributed by atoms with Crippen LogP contribution in [0.2, 0.25) is 0 Å². The van der Waals surface area contributed by atoms with Gasteiger partial charge in [0.2, 0.25) is 0 Å². The SMILES string of the molecule is CCCOc1ccc(C(=O)Nc2scc([C@@H]3COc4ccccc4O3)c2C(=O)OCC)cc1. The van der Waals surface area contributed by atoms with E-state index in [-0.39, 0.29) is 24.7 Å². The number of fused-ring (bicyclic) bond motifs is 1. The number of amides is 1. The van der Waals surface area contributed by atoms with Gasteiger partial charge in [-0.2, -0.15) is 0 Å². The number of carbonyl (C=O) groups is 2. The summed E-state index contributed by atoms with van der Waals surface area (Å²) in [6.45, 7) is 4.84. The zero-order valence-electron chi connectivity index (χ0n) is 18.5. The molecule has 1 aliphatic rings. The Morgan fingerprint density at radius 2 is 1.85 bits per heavy atom. The number of benzene rings is 2. The van der Waals surface area contributed by atoms with E-state index in [0.717, 1.165) is 6.42 Å². The molecule has 7 nitrogen and oxygen atoms in total. The fourth-order valence-corrected chi connectivity index (χ4v) is 4.37. The monoisotopic (exact) mass is 467 g/mol. The van der Waals surface area contributed by atoms with E-state index in [9.17, 15) is 9.59 Å². The molecule has 0 saturated carbocycles. The summed E-state index contributed by atoms with van der Waals surface area (Å²) in [4.78, 5) is 25.7. The molecule has 1 aromatic heterocycles. The highest BCUT2D eigenvalue weighted by Gasteiger charge is 2.31. The molecule has 4 rings (SSSR count). The van der Waals surface area contributed by atoms with Crippen LogP contribution in [0, 0.1) is 0 Å². The van der Waals surface area contributed by atoms with Gasteiger partial charge in [-0.15, -0.1) is 11.3 Å². The first kappa shape index (κ1) is 22.7. The maximum Gasteiger partial charge on any atom is 0.341 e. The largest absolute Gasteiger partial charge is 0.494 e. The first-order valence-electron chi connectivity index (χ1n) is 10.8. The van der Waals surface area contributed by atoms with Crippen LogP contribution in [-0.4, -0.2) is 31.7 Å². The van der Waals surface area contributed by atoms with E-state index >= 15 is 0 Å². The maximum absolute atomic E-state index is 12.9. The van der Waals surface area contributed by atoms with Gasteiger partial charge in [0.1, 0.15) is 22.9 Å². The number of hydrogen-bond acceptors (Lipinski definition) is 7. The molecular weight excluding hydrogens is 442 g/mol. The van der Waals surface area contributed by atoms with Crippen molar-refractivity contribution in [2.75, 3.05) is 25.1 Å². The molecule has 0 bridgehead atoms. The first-order valence-corrected chi connectivity index (χ1v) is 11.7. The molecule has 1 aliphatic heterocycles. The molecule has 3 aromatic rings. The molecule has 0 unspecified atom stereocenters. The molecule has 1 amide bonds. The van der Waals surface area contributed by atoms with E-state index in [1.54, 1.807) is 36.6 Å². The van der Waals surface area contributed by atoms with Gasteiger partial charge in [-0.25, -0.2) is 4.79 Å². The maximum atomic E-state index is 12.9. The molecule has 8 heteroatoms. The molecule has 1 atom stereocenters. The Kier molecular flexibility index (Phi) is 7.14. The number of esters is 1. The lowest BCUT2D eigenvalue weighted by Gasteiger charge is -2.26. The molecule has 0 radical (unpaired) electrons. The Bertz CT molecular complexity index is 1120. The highest BCUT2D eigenvalue weighted by molar-refractivity contribution is 7.15. The fraction of sp³-hybridized carbons (Fsp3) is 0.280. The van der Waals surface area contributed by atoms with Crippen molar-refractivity contribution in [2.24, 2.45) is 0 Å². The number of thiophene rings is 1. The van der Waals surface area contributed by atoms with E-state index < -0.39 is 12.1 Å². The number of ether oxygens (including phenoxy) is 4. The average molecular weight is 468 g/mol. The molecule has 1 N–H and O–H groups in total. The molecule has 2 heterocycles. The van der Waals surface area contributed by atoms with Crippen molar-refractivity contribution >= 4 is 28.2 Å². The van der Waals surface area contributed by atoms with E-state index in [1.807, 2.05) is 31.2 Å². The average Bonchev–Trinajstić information content (AvgIpc) is 3.26. The normalized spacial score (nSPS) is 14.4. The second-order valence-corrected chi connectivity index (χ2v) is 8.19. The molecular formula is C25H25NO6S. The summed E-state index contributed by atoms with van der Waals surface area (Å²) >= 11 is 1.25. The van der Waals surface area contributed by atoms with Crippen LogP contribution in [0.15, 0.2) is 53.9 Å². The lowest BCUT2D eigenvalue weighted by Crippen LogP contribution is -2.24. The van der Waals surface area contributed by atoms with E-state index in [2.05, 4.69) is 5.32 Å². The van der Waals surface area contributed by atoms with Gasteiger partial charge in [-0.3, -0.25) is 4.79 Å². The van der Waals surface area contributed by atoms with E-state index in [4.69, 9.17) is 18.9 Å². The van der Waals surface area contributed by atoms with Crippen molar-refractivity contribution in [1.82, 2.24) is 0 Å². The van der Waals surface area contributed by atoms with Gasteiger partial charge < -0.3 is 24.3 Å². The highest BCUT2D eigenvalue weighted by Crippen LogP contribution is 2.40. The molecule has 0 aliphatic carbocycles. The van der Waals surface area contributed by atoms with E-state index in [1.165, 1.54) is 11.3 Å². The quantitative estimate of drug-likeness (QED) is 0.442. The number of anilines is 1. The smallest absolute Gasteiger partial charge is 0.341 e. The van der Waals surface area contributed by atoms with Crippen molar-refractivity contribution in [2.45, 2.75) is 26.4 Å². The zero-order valence-corrected chi connectivity index (χ0v) is 19.3. The van der Waals surface area contributed by atoms with Crippen LogP contribution in [0.25, 0.3) is 0 Å². The van der Waals surface area contributed by atoms with Gasteiger partial charge >= 0.3 is 5.97 Å². The molecule has 0 saturated heterocycles. The van der Waals surface area contributed by atoms with E-state index in [0.29, 0.717) is 40.0 Å². The van der Waals surface area contributed by atoms with Crippen LogP contribution in [0.5, 0.6) is 17.2 Å². The van der Waals surface area contributed by atoms with Gasteiger partial charge in [-0.1, -0.05) is 19.1 Å². The summed E-state index contributed by atoms with van der Waals surface area (Å²) in [5.41, 5.74) is 1.35. The third kappa shape index (κ3) is 5.12. The Morgan fingerprint density at radius 1 is 1.09 bits per heavy atom. The second kappa shape index (κ2) is 10.4. The number of rotatable bonds is 8. The minimum Gasteiger partial charge on any atom is -0.494 e. The summed E-state index contributed by atoms with van der Waals surface area (Å²) in [5, 5.41) is 5.05. The van der Waals surface area contributed by atoms with Crippen molar-refractivity contribution in [1.29, 1.82) is 0 Å². The van der Waals surface area contributed by atoms with Crippen LogP contribution in [0.4, 0.5) is 5.00 Å². The van der Waals surface area contributed by atoms with Gasteiger partial charge in [0.15, 0.2) is 17.6 Å². The fourth-order valence-electron chi connectivity index (χ4n) is 3.38. The van der Waals surface area contributed by atoms with Gasteiger partial charge in [-0.05, 0) is 49.7 Å². The molecule has 33 heavy (non-hydrogen) atoms. The standard InChI is InChI=1S/C25H25NO6S/c1-3-13-30-17-11-9-16(10-12-17)23(27)26-24-22(25(28)29-4-2)18(15-33-24)21-14-31-19-7-5-6-8-20(19)32-21/h5-12,15,21H,3-4,13-14H2,1-2H3,(H,26,27)/t21-/m0/s1. The van der Waals surface area contributed by atoms with Crippen LogP contribution >= 0.6 is 11.3 Å². The summed E-state index contributed by atoms with van der Waals surface area (Å²) in [6, 6.07) is 14.2. The van der Waals surface area contributed by atoms with Crippen LogP contribution in [0.1, 0.15) is 52.7 Å². The Morgan fingerprint density at radius 3 is 2.58 bits per heavy atom. The van der Waals surface area contributed by atoms with Crippen LogP contribution in [-0.2, 0) is 4.74 Å². The molecule has 0 spiro atoms. The summed E-state index contributed by atoms with van der Waals surface area (Å²) < 4.78 is 22.7. The van der Waals surface area contributed by atoms with Gasteiger partial charge in [0, 0.05) is 16.5 Å². The van der Waals surface area contributed by atoms with Crippen molar-refractivity contribution in [3.05, 3.63) is 70.6 Å². The topological polar surface area (TPSA) is 83.1 Å². The van der Waals surface area contributed by atoms with Crippen molar-refractivity contribution in [3.63, 3.8) is 0 Å². The van der Waals surface area contributed by atoms with Crippen LogP contribution < -0.4 is 19.5 Å². The first-order chi connectivity index (χ1) is 16.1. The molecule has 2 aromatic carbocycles. The van der Waals surface area contributed by atoms with Crippen LogP contribution in [0.3, 0.4) is 0 Å². The van der Waals surface area contributed by atoms with Crippen molar-refractivity contribution < 1.29 is 28.5 Å². The molecule has 0 fully saturated rings. The zero-order chi connectivity index (χ0) is 23.2. The summed E-state index contributed by atoms with van der Waals surface area (Å²) in [7, 11) is 0. The third-order valence-electron chi connectivity index (χ3n) is 4.97. The van der Waals surface area contributed by atoms with Crippen molar-refractivity contribution in [3.8, 4) is 17.2 Å². The second-order valence-electron chi connectivity index (χ2n) is 7.31. The number of para-hydroxylation sites is 2. The summed E-state index contributed by atoms with van der Waals surface area (Å²) in [5.74, 6) is 1.11. The predicted molar refractivity (Wildman–Crippen MR) is 126 cm³/mol. The number of nitrogens with one attached hydrogen (secondary N) is 1. The lowest BCUT2D eigenvalue weighted by atomic mass is 10.1. The Hall–Kier alpha value is -3.52. The van der Waals surface area contributed by atoms with Gasteiger partial charge in [0.25, 0.3) is 5.91 Å². The Labute approximate surface area is 196 Å². The highest BCUT2D eigenvalue weighted by atomic mass is 32.1. The minimum absolute atomic E-state index is 0.214. The number of hydrogen-bond donors (Lipinski definition) is 1.